The van der Waals surface area contributed by atoms with Crippen LogP contribution in [0.1, 0.15) is 25.3 Å². The fourth-order valence-corrected chi connectivity index (χ4v) is 2.90. The minimum atomic E-state index is 0.244. The van der Waals surface area contributed by atoms with Crippen LogP contribution in [0.2, 0.25) is 0 Å². The highest BCUT2D eigenvalue weighted by Gasteiger charge is 2.15. The standard InChI is InChI=1S/C22H29NO4/c1-2-24-14-15-26-20-9-5-18(6-10-20)16-23-19-7-11-21(12-8-19)27-17-22-4-3-13-25-22/h5-12,22-23H,2-4,13-17H2,1H3. The Hall–Kier alpha value is -2.24. The second kappa shape index (κ2) is 10.8. The molecule has 1 atom stereocenters. The molecular weight excluding hydrogens is 342 g/mol. The first-order valence-electron chi connectivity index (χ1n) is 9.71. The van der Waals surface area contributed by atoms with Crippen molar-refractivity contribution in [1.29, 1.82) is 0 Å². The van der Waals surface area contributed by atoms with Crippen molar-refractivity contribution in [3.05, 3.63) is 54.1 Å². The summed E-state index contributed by atoms with van der Waals surface area (Å²) in [4.78, 5) is 0. The van der Waals surface area contributed by atoms with Crippen LogP contribution in [-0.4, -0.2) is 39.1 Å². The maximum absolute atomic E-state index is 5.79. The second-order valence-corrected chi connectivity index (χ2v) is 6.51. The summed E-state index contributed by atoms with van der Waals surface area (Å²) in [6.45, 7) is 6.14. The van der Waals surface area contributed by atoms with Crippen molar-refractivity contribution in [3.8, 4) is 11.5 Å². The highest BCUT2D eigenvalue weighted by molar-refractivity contribution is 5.47. The van der Waals surface area contributed by atoms with Crippen LogP contribution in [0.15, 0.2) is 48.5 Å². The molecule has 5 nitrogen and oxygen atoms in total. The number of hydrogen-bond acceptors (Lipinski definition) is 5. The number of ether oxygens (including phenoxy) is 4. The topological polar surface area (TPSA) is 49.0 Å². The second-order valence-electron chi connectivity index (χ2n) is 6.51. The van der Waals surface area contributed by atoms with Gasteiger partial charge in [0, 0.05) is 25.4 Å². The summed E-state index contributed by atoms with van der Waals surface area (Å²) in [6, 6.07) is 16.2. The highest BCUT2D eigenvalue weighted by Crippen LogP contribution is 2.19. The number of anilines is 1. The van der Waals surface area contributed by atoms with Gasteiger partial charge in [-0.25, -0.2) is 0 Å². The van der Waals surface area contributed by atoms with Gasteiger partial charge in [-0.05, 0) is 61.7 Å². The lowest BCUT2D eigenvalue weighted by atomic mass is 10.2. The normalized spacial score (nSPS) is 16.3. The van der Waals surface area contributed by atoms with Crippen molar-refractivity contribution in [1.82, 2.24) is 0 Å². The van der Waals surface area contributed by atoms with Crippen molar-refractivity contribution in [2.24, 2.45) is 0 Å². The zero-order chi connectivity index (χ0) is 18.7. The Balaban J connectivity index is 1.38. The summed E-state index contributed by atoms with van der Waals surface area (Å²) in [5, 5.41) is 3.42. The number of rotatable bonds is 11. The van der Waals surface area contributed by atoms with Crippen molar-refractivity contribution in [2.45, 2.75) is 32.4 Å². The minimum Gasteiger partial charge on any atom is -0.491 e. The highest BCUT2D eigenvalue weighted by atomic mass is 16.5. The molecule has 1 N–H and O–H groups in total. The molecule has 1 aliphatic rings. The van der Waals surface area contributed by atoms with Gasteiger partial charge in [-0.15, -0.1) is 0 Å². The molecule has 0 aromatic heterocycles. The van der Waals surface area contributed by atoms with Crippen molar-refractivity contribution in [3.63, 3.8) is 0 Å². The average molecular weight is 371 g/mol. The molecule has 3 rings (SSSR count). The first-order chi connectivity index (χ1) is 13.3. The predicted octanol–water partition coefficient (Wildman–Crippen LogP) is 4.27. The van der Waals surface area contributed by atoms with E-state index in [-0.39, 0.29) is 6.10 Å². The van der Waals surface area contributed by atoms with Crippen molar-refractivity contribution >= 4 is 5.69 Å². The third kappa shape index (κ3) is 6.77. The summed E-state index contributed by atoms with van der Waals surface area (Å²) >= 11 is 0. The van der Waals surface area contributed by atoms with Gasteiger partial charge in [0.05, 0.1) is 12.7 Å². The lowest BCUT2D eigenvalue weighted by Crippen LogP contribution is -2.16. The summed E-state index contributed by atoms with van der Waals surface area (Å²) in [6.07, 6.45) is 2.47. The summed E-state index contributed by atoms with van der Waals surface area (Å²) < 4.78 is 22.3. The van der Waals surface area contributed by atoms with Crippen LogP contribution in [0.5, 0.6) is 11.5 Å². The first kappa shape index (κ1) is 19.5. The molecule has 1 unspecified atom stereocenters. The van der Waals surface area contributed by atoms with E-state index in [1.165, 1.54) is 5.56 Å². The van der Waals surface area contributed by atoms with Gasteiger partial charge < -0.3 is 24.3 Å². The molecule has 0 saturated carbocycles. The Morgan fingerprint density at radius 2 is 1.70 bits per heavy atom. The zero-order valence-electron chi connectivity index (χ0n) is 16.0. The maximum atomic E-state index is 5.79. The number of hydrogen-bond donors (Lipinski definition) is 1. The molecule has 1 fully saturated rings. The van der Waals surface area contributed by atoms with Crippen molar-refractivity contribution in [2.75, 3.05) is 38.4 Å². The molecule has 2 aromatic rings. The van der Waals surface area contributed by atoms with Gasteiger partial charge in [0.2, 0.25) is 0 Å². The summed E-state index contributed by atoms with van der Waals surface area (Å²) in [5.41, 5.74) is 2.27. The molecule has 1 heterocycles. The van der Waals surface area contributed by atoms with E-state index in [9.17, 15) is 0 Å². The van der Waals surface area contributed by atoms with Crippen LogP contribution in [-0.2, 0) is 16.0 Å². The molecule has 0 bridgehead atoms. The molecule has 27 heavy (non-hydrogen) atoms. The van der Waals surface area contributed by atoms with Gasteiger partial charge in [-0.2, -0.15) is 0 Å². The maximum Gasteiger partial charge on any atom is 0.119 e. The fourth-order valence-electron chi connectivity index (χ4n) is 2.90. The van der Waals surface area contributed by atoms with Crippen LogP contribution in [0.3, 0.4) is 0 Å². The van der Waals surface area contributed by atoms with E-state index in [0.717, 1.165) is 49.8 Å². The molecule has 0 amide bonds. The van der Waals surface area contributed by atoms with Gasteiger partial charge in [0.25, 0.3) is 0 Å². The molecule has 2 aromatic carbocycles. The SMILES string of the molecule is CCOCCOc1ccc(CNc2ccc(OCC3CCCO3)cc2)cc1. The van der Waals surface area contributed by atoms with E-state index >= 15 is 0 Å². The Labute approximate surface area is 161 Å². The van der Waals surface area contributed by atoms with E-state index in [2.05, 4.69) is 17.4 Å². The molecule has 5 heteroatoms. The van der Waals surface area contributed by atoms with Crippen LogP contribution in [0.25, 0.3) is 0 Å². The average Bonchev–Trinajstić information content (AvgIpc) is 3.23. The van der Waals surface area contributed by atoms with E-state index in [1.54, 1.807) is 0 Å². The van der Waals surface area contributed by atoms with Gasteiger partial charge in [-0.3, -0.25) is 0 Å². The third-order valence-corrected chi connectivity index (χ3v) is 4.43. The van der Waals surface area contributed by atoms with E-state index in [4.69, 9.17) is 18.9 Å². The Morgan fingerprint density at radius 3 is 2.41 bits per heavy atom. The number of benzene rings is 2. The van der Waals surface area contributed by atoms with Gasteiger partial charge >= 0.3 is 0 Å². The smallest absolute Gasteiger partial charge is 0.119 e. The Morgan fingerprint density at radius 1 is 0.963 bits per heavy atom. The van der Waals surface area contributed by atoms with Crippen LogP contribution in [0.4, 0.5) is 5.69 Å². The number of nitrogens with one attached hydrogen (secondary N) is 1. The van der Waals surface area contributed by atoms with Gasteiger partial charge in [0.1, 0.15) is 24.7 Å². The molecule has 0 spiro atoms. The molecule has 0 aliphatic carbocycles. The minimum absolute atomic E-state index is 0.244. The Bertz CT molecular complexity index is 651. The van der Waals surface area contributed by atoms with Gasteiger partial charge in [-0.1, -0.05) is 12.1 Å². The van der Waals surface area contributed by atoms with E-state index in [0.29, 0.717) is 19.8 Å². The molecule has 146 valence electrons. The fraction of sp³-hybridized carbons (Fsp3) is 0.455. The lowest BCUT2D eigenvalue weighted by molar-refractivity contribution is 0.0679. The predicted molar refractivity (Wildman–Crippen MR) is 107 cm³/mol. The first-order valence-corrected chi connectivity index (χ1v) is 9.71. The quantitative estimate of drug-likeness (QED) is 0.598. The summed E-state index contributed by atoms with van der Waals surface area (Å²) in [7, 11) is 0. The van der Waals surface area contributed by atoms with Crippen LogP contribution >= 0.6 is 0 Å². The largest absolute Gasteiger partial charge is 0.491 e. The summed E-state index contributed by atoms with van der Waals surface area (Å²) in [5.74, 6) is 1.75. The zero-order valence-corrected chi connectivity index (χ0v) is 16.0. The van der Waals surface area contributed by atoms with Crippen LogP contribution in [0, 0.1) is 0 Å². The molecule has 1 saturated heterocycles. The van der Waals surface area contributed by atoms with Crippen LogP contribution < -0.4 is 14.8 Å². The Kier molecular flexibility index (Phi) is 7.81. The molecule has 0 radical (unpaired) electrons. The monoisotopic (exact) mass is 371 g/mol. The van der Waals surface area contributed by atoms with E-state index in [1.807, 2.05) is 43.3 Å². The third-order valence-electron chi connectivity index (χ3n) is 4.43. The van der Waals surface area contributed by atoms with E-state index < -0.39 is 0 Å². The lowest BCUT2D eigenvalue weighted by Gasteiger charge is -2.12. The van der Waals surface area contributed by atoms with Gasteiger partial charge in [0.15, 0.2) is 0 Å². The van der Waals surface area contributed by atoms with Crippen molar-refractivity contribution < 1.29 is 18.9 Å². The molecule has 1 aliphatic heterocycles. The molecular formula is C22H29NO4.